The summed E-state index contributed by atoms with van der Waals surface area (Å²) in [6, 6.07) is 14.2. The molecule has 24 heavy (non-hydrogen) atoms. The fourth-order valence-electron chi connectivity index (χ4n) is 2.44. The molecule has 5 nitrogen and oxygen atoms in total. The van der Waals surface area contributed by atoms with Gasteiger partial charge >= 0.3 is 0 Å². The summed E-state index contributed by atoms with van der Waals surface area (Å²) in [6.45, 7) is 6.02. The number of amides is 1. The number of nitrogens with zero attached hydrogens (tertiary/aromatic N) is 4. The molecule has 0 fully saturated rings. The molecule has 0 unspecified atom stereocenters. The van der Waals surface area contributed by atoms with Crippen LogP contribution < -0.4 is 0 Å². The summed E-state index contributed by atoms with van der Waals surface area (Å²) in [6.07, 6.45) is 1.66. The van der Waals surface area contributed by atoms with Gasteiger partial charge in [0.2, 0.25) is 0 Å². The molecular formula is C18H17ClN4O. The van der Waals surface area contributed by atoms with Crippen molar-refractivity contribution in [3.05, 3.63) is 87.8 Å². The number of carbonyl (C=O) groups is 1. The van der Waals surface area contributed by atoms with Gasteiger partial charge in [-0.2, -0.15) is 0 Å². The van der Waals surface area contributed by atoms with Crippen molar-refractivity contribution in [2.45, 2.75) is 13.0 Å². The van der Waals surface area contributed by atoms with E-state index in [9.17, 15) is 4.79 Å². The molecule has 2 aromatic rings. The van der Waals surface area contributed by atoms with Gasteiger partial charge in [0.1, 0.15) is 0 Å². The lowest BCUT2D eigenvalue weighted by Gasteiger charge is -2.29. The van der Waals surface area contributed by atoms with E-state index in [0.29, 0.717) is 11.6 Å². The molecule has 0 saturated carbocycles. The Balaban J connectivity index is 2.45. The third-order valence-electron chi connectivity index (χ3n) is 3.68. The van der Waals surface area contributed by atoms with Gasteiger partial charge in [-0.15, -0.1) is 6.58 Å². The van der Waals surface area contributed by atoms with Crippen LogP contribution in [0.4, 0.5) is 5.69 Å². The molecule has 1 atom stereocenters. The molecule has 0 N–H and O–H groups in total. The van der Waals surface area contributed by atoms with Crippen LogP contribution in [0.5, 0.6) is 0 Å². The molecule has 6 heteroatoms. The van der Waals surface area contributed by atoms with Crippen molar-refractivity contribution >= 4 is 23.2 Å². The maximum Gasteiger partial charge on any atom is 0.255 e. The first-order chi connectivity index (χ1) is 11.6. The number of halogens is 1. The highest BCUT2D eigenvalue weighted by Gasteiger charge is 2.23. The maximum atomic E-state index is 13.0. The van der Waals surface area contributed by atoms with Gasteiger partial charge < -0.3 is 4.90 Å². The zero-order chi connectivity index (χ0) is 17.5. The smallest absolute Gasteiger partial charge is 0.255 e. The lowest BCUT2D eigenvalue weighted by Crippen LogP contribution is -2.33. The number of hydrogen-bond donors (Lipinski definition) is 0. The zero-order valence-corrected chi connectivity index (χ0v) is 14.0. The predicted molar refractivity (Wildman–Crippen MR) is 96.3 cm³/mol. The van der Waals surface area contributed by atoms with Crippen LogP contribution in [0.1, 0.15) is 28.9 Å². The molecule has 0 heterocycles. The van der Waals surface area contributed by atoms with Crippen molar-refractivity contribution < 1.29 is 4.79 Å². The van der Waals surface area contributed by atoms with Crippen LogP contribution in [-0.4, -0.2) is 17.4 Å². The Bertz CT molecular complexity index is 785. The molecule has 1 amide bonds. The molecule has 0 aromatic heterocycles. The minimum Gasteiger partial charge on any atom is -0.328 e. The van der Waals surface area contributed by atoms with Gasteiger partial charge in [0, 0.05) is 16.5 Å². The first-order valence-electron chi connectivity index (χ1n) is 7.40. The molecule has 0 aliphatic carbocycles. The van der Waals surface area contributed by atoms with E-state index < -0.39 is 0 Å². The number of hydrogen-bond acceptors (Lipinski definition) is 2. The molecule has 122 valence electrons. The third-order valence-corrected chi connectivity index (χ3v) is 3.91. The predicted octanol–water partition coefficient (Wildman–Crippen LogP) is 5.67. The second-order valence-corrected chi connectivity index (χ2v) is 5.62. The molecular weight excluding hydrogens is 324 g/mol. The fourth-order valence-corrected chi connectivity index (χ4v) is 2.61. The van der Waals surface area contributed by atoms with E-state index >= 15 is 0 Å². The Labute approximate surface area is 145 Å². The Morgan fingerprint density at radius 2 is 2.08 bits per heavy atom. The lowest BCUT2D eigenvalue weighted by atomic mass is 10.0. The average molecular weight is 341 g/mol. The van der Waals surface area contributed by atoms with E-state index in [1.54, 1.807) is 17.0 Å². The highest BCUT2D eigenvalue weighted by Crippen LogP contribution is 2.28. The van der Waals surface area contributed by atoms with Crippen LogP contribution in [0, 0.1) is 0 Å². The molecule has 2 rings (SSSR count). The van der Waals surface area contributed by atoms with Crippen LogP contribution in [0.3, 0.4) is 0 Å². The summed E-state index contributed by atoms with van der Waals surface area (Å²) < 4.78 is 0. The Morgan fingerprint density at radius 1 is 1.38 bits per heavy atom. The van der Waals surface area contributed by atoms with Gasteiger partial charge in [-0.3, -0.25) is 4.79 Å². The van der Waals surface area contributed by atoms with Gasteiger partial charge in [-0.25, -0.2) is 0 Å². The first-order valence-corrected chi connectivity index (χ1v) is 7.77. The summed E-state index contributed by atoms with van der Waals surface area (Å²) in [4.78, 5) is 17.5. The molecule has 0 spiro atoms. The maximum absolute atomic E-state index is 13.0. The fraction of sp³-hybridized carbons (Fsp3) is 0.167. The highest BCUT2D eigenvalue weighted by molar-refractivity contribution is 6.31. The van der Waals surface area contributed by atoms with Crippen molar-refractivity contribution in [2.24, 2.45) is 5.11 Å². The van der Waals surface area contributed by atoms with Crippen LogP contribution in [-0.2, 0) is 0 Å². The standard InChI is InChI=1S/C18H17ClN4O/c1-3-11-23(13(2)14-7-5-4-6-8-14)18(24)16-12-15(19)9-10-17(16)21-22-20/h3-10,12-13H,1,11H2,2H3/t13-/m1/s1. The van der Waals surface area contributed by atoms with E-state index in [2.05, 4.69) is 16.6 Å². The minimum atomic E-state index is -0.267. The lowest BCUT2D eigenvalue weighted by molar-refractivity contribution is 0.0715. The van der Waals surface area contributed by atoms with E-state index in [-0.39, 0.29) is 23.2 Å². The number of benzene rings is 2. The van der Waals surface area contributed by atoms with Crippen molar-refractivity contribution in [3.8, 4) is 0 Å². The van der Waals surface area contributed by atoms with Crippen molar-refractivity contribution in [3.63, 3.8) is 0 Å². The van der Waals surface area contributed by atoms with Gasteiger partial charge in [0.15, 0.2) is 0 Å². The Kier molecular flexibility index (Phi) is 6.01. The molecule has 2 aromatic carbocycles. The SMILES string of the molecule is C=CCN(C(=O)c1cc(Cl)ccc1N=[N+]=[N-])[C@H](C)c1ccccc1. The van der Waals surface area contributed by atoms with E-state index in [0.717, 1.165) is 5.56 Å². The molecule has 0 aliphatic rings. The topological polar surface area (TPSA) is 69.1 Å². The van der Waals surface area contributed by atoms with Gasteiger partial charge in [0.25, 0.3) is 5.91 Å². The van der Waals surface area contributed by atoms with Crippen molar-refractivity contribution in [2.75, 3.05) is 6.54 Å². The van der Waals surface area contributed by atoms with E-state index in [1.807, 2.05) is 37.3 Å². The number of azide groups is 1. The second-order valence-electron chi connectivity index (χ2n) is 5.18. The van der Waals surface area contributed by atoms with Gasteiger partial charge in [-0.1, -0.05) is 59.2 Å². The minimum absolute atomic E-state index is 0.172. The Morgan fingerprint density at radius 3 is 2.71 bits per heavy atom. The second kappa shape index (κ2) is 8.20. The number of carbonyl (C=O) groups excluding carboxylic acids is 1. The normalized spacial score (nSPS) is 11.2. The molecule has 0 saturated heterocycles. The molecule has 0 aliphatic heterocycles. The van der Waals surface area contributed by atoms with Gasteiger partial charge in [0.05, 0.1) is 17.3 Å². The summed E-state index contributed by atoms with van der Waals surface area (Å²) in [5.74, 6) is -0.267. The molecule has 0 radical (unpaired) electrons. The summed E-state index contributed by atoms with van der Waals surface area (Å²) in [5, 5.41) is 4.00. The highest BCUT2D eigenvalue weighted by atomic mass is 35.5. The third kappa shape index (κ3) is 3.96. The quantitative estimate of drug-likeness (QED) is 0.289. The first kappa shape index (κ1) is 17.6. The monoisotopic (exact) mass is 340 g/mol. The van der Waals surface area contributed by atoms with Gasteiger partial charge in [-0.05, 0) is 30.2 Å². The average Bonchev–Trinajstić information content (AvgIpc) is 2.61. The summed E-state index contributed by atoms with van der Waals surface area (Å²) in [7, 11) is 0. The van der Waals surface area contributed by atoms with Crippen LogP contribution >= 0.6 is 11.6 Å². The number of rotatable bonds is 6. The van der Waals surface area contributed by atoms with Crippen LogP contribution in [0.2, 0.25) is 5.02 Å². The van der Waals surface area contributed by atoms with Crippen molar-refractivity contribution in [1.29, 1.82) is 0 Å². The van der Waals surface area contributed by atoms with E-state index in [1.165, 1.54) is 12.1 Å². The van der Waals surface area contributed by atoms with Crippen LogP contribution in [0.15, 0.2) is 66.3 Å². The van der Waals surface area contributed by atoms with Crippen molar-refractivity contribution in [1.82, 2.24) is 4.90 Å². The van der Waals surface area contributed by atoms with Crippen LogP contribution in [0.25, 0.3) is 10.4 Å². The zero-order valence-electron chi connectivity index (χ0n) is 13.3. The largest absolute Gasteiger partial charge is 0.328 e. The van der Waals surface area contributed by atoms with E-state index in [4.69, 9.17) is 17.1 Å². The Hall–Kier alpha value is -2.75. The molecule has 0 bridgehead atoms. The summed E-state index contributed by atoms with van der Waals surface area (Å²) in [5.41, 5.74) is 10.2. The summed E-state index contributed by atoms with van der Waals surface area (Å²) >= 11 is 6.01.